The first-order chi connectivity index (χ1) is 14.2. The second kappa shape index (κ2) is 8.82. The minimum atomic E-state index is 0.234. The molecule has 2 aliphatic heterocycles. The van der Waals surface area contributed by atoms with Crippen molar-refractivity contribution >= 4 is 5.91 Å². The molecule has 0 bridgehead atoms. The maximum atomic E-state index is 12.4. The molecule has 0 atom stereocenters. The molecule has 2 aromatic rings. The number of ether oxygens (including phenoxy) is 2. The van der Waals surface area contributed by atoms with Gasteiger partial charge in [-0.15, -0.1) is 5.10 Å². The van der Waals surface area contributed by atoms with Crippen molar-refractivity contribution in [3.8, 4) is 11.5 Å². The van der Waals surface area contributed by atoms with Crippen LogP contribution in [-0.4, -0.2) is 64.6 Å². The number of amides is 1. The Morgan fingerprint density at radius 1 is 1.10 bits per heavy atom. The quantitative estimate of drug-likeness (QED) is 0.708. The van der Waals surface area contributed by atoms with Crippen molar-refractivity contribution in [3.63, 3.8) is 0 Å². The molecule has 1 saturated heterocycles. The molecule has 0 saturated carbocycles. The van der Waals surface area contributed by atoms with Crippen LogP contribution in [0.15, 0.2) is 18.2 Å². The van der Waals surface area contributed by atoms with Crippen molar-refractivity contribution in [2.45, 2.75) is 45.3 Å². The van der Waals surface area contributed by atoms with Crippen molar-refractivity contribution < 1.29 is 14.3 Å². The lowest BCUT2D eigenvalue weighted by molar-refractivity contribution is -0.130. The van der Waals surface area contributed by atoms with Crippen LogP contribution >= 0.6 is 0 Å². The summed E-state index contributed by atoms with van der Waals surface area (Å²) in [6, 6.07) is 5.88. The van der Waals surface area contributed by atoms with E-state index in [0.29, 0.717) is 12.8 Å². The summed E-state index contributed by atoms with van der Waals surface area (Å²) in [5.41, 5.74) is 3.16. The van der Waals surface area contributed by atoms with E-state index >= 15 is 0 Å². The molecule has 4 rings (SSSR count). The molecule has 0 N–H and O–H groups in total. The number of hydrogen-bond acceptors (Lipinski definition) is 6. The molecule has 0 radical (unpaired) electrons. The summed E-state index contributed by atoms with van der Waals surface area (Å²) >= 11 is 0. The number of hydrogen-bond donors (Lipinski definition) is 0. The molecule has 1 aromatic carbocycles. The number of aromatic nitrogens is 3. The summed E-state index contributed by atoms with van der Waals surface area (Å²) in [6.07, 6.45) is 3.40. The van der Waals surface area contributed by atoms with E-state index in [2.05, 4.69) is 15.2 Å². The standard InChI is InChI=1S/C21H29N5O3/c1-28-17-5-7-20(29-2)16(13-17)14-24-11-12-26-19(15-24)18(22-23-26)6-8-21(27)25-9-3-4-10-25/h5,7,13H,3-4,6,8-12,14-15H2,1-2H3. The molecule has 8 nitrogen and oxygen atoms in total. The van der Waals surface area contributed by atoms with Gasteiger partial charge in [-0.2, -0.15) is 0 Å². The molecule has 3 heterocycles. The number of fused-ring (bicyclic) bond motifs is 1. The van der Waals surface area contributed by atoms with Gasteiger partial charge in [0.25, 0.3) is 0 Å². The third-order valence-electron chi connectivity index (χ3n) is 5.84. The van der Waals surface area contributed by atoms with E-state index in [4.69, 9.17) is 9.47 Å². The van der Waals surface area contributed by atoms with Gasteiger partial charge in [-0.1, -0.05) is 5.21 Å². The van der Waals surface area contributed by atoms with E-state index in [1.165, 1.54) is 0 Å². The number of benzene rings is 1. The number of carbonyl (C=O) groups excluding carboxylic acids is 1. The average Bonchev–Trinajstić information content (AvgIpc) is 3.42. The highest BCUT2D eigenvalue weighted by Gasteiger charge is 2.24. The van der Waals surface area contributed by atoms with Gasteiger partial charge in [-0.25, -0.2) is 4.68 Å². The monoisotopic (exact) mass is 399 g/mol. The number of rotatable bonds is 7. The second-order valence-corrected chi connectivity index (χ2v) is 7.68. The molecule has 2 aliphatic rings. The number of likely N-dealkylation sites (tertiary alicyclic amines) is 1. The Morgan fingerprint density at radius 2 is 1.93 bits per heavy atom. The molecule has 8 heteroatoms. The van der Waals surface area contributed by atoms with Crippen LogP contribution in [0.5, 0.6) is 11.5 Å². The maximum absolute atomic E-state index is 12.4. The smallest absolute Gasteiger partial charge is 0.222 e. The van der Waals surface area contributed by atoms with Gasteiger partial charge in [0, 0.05) is 51.1 Å². The van der Waals surface area contributed by atoms with Gasteiger partial charge < -0.3 is 14.4 Å². The number of nitrogens with zero attached hydrogens (tertiary/aromatic N) is 5. The van der Waals surface area contributed by atoms with Gasteiger partial charge >= 0.3 is 0 Å². The van der Waals surface area contributed by atoms with Gasteiger partial charge in [0.15, 0.2) is 0 Å². The zero-order chi connectivity index (χ0) is 20.2. The summed E-state index contributed by atoms with van der Waals surface area (Å²) in [5, 5.41) is 8.68. The minimum absolute atomic E-state index is 0.234. The van der Waals surface area contributed by atoms with Crippen LogP contribution in [0.2, 0.25) is 0 Å². The minimum Gasteiger partial charge on any atom is -0.497 e. The van der Waals surface area contributed by atoms with E-state index in [0.717, 1.165) is 80.6 Å². The fraction of sp³-hybridized carbons (Fsp3) is 0.571. The Hall–Kier alpha value is -2.61. The molecule has 0 spiro atoms. The molecule has 1 aromatic heterocycles. The summed E-state index contributed by atoms with van der Waals surface area (Å²) < 4.78 is 12.9. The fourth-order valence-corrected chi connectivity index (χ4v) is 4.17. The average molecular weight is 399 g/mol. The second-order valence-electron chi connectivity index (χ2n) is 7.68. The third kappa shape index (κ3) is 4.37. The lowest BCUT2D eigenvalue weighted by Crippen LogP contribution is -2.34. The van der Waals surface area contributed by atoms with Crippen LogP contribution < -0.4 is 9.47 Å². The maximum Gasteiger partial charge on any atom is 0.222 e. The predicted molar refractivity (Wildman–Crippen MR) is 108 cm³/mol. The molecule has 1 fully saturated rings. The van der Waals surface area contributed by atoms with Gasteiger partial charge in [-0.3, -0.25) is 9.69 Å². The van der Waals surface area contributed by atoms with E-state index < -0.39 is 0 Å². The lowest BCUT2D eigenvalue weighted by Gasteiger charge is -2.28. The van der Waals surface area contributed by atoms with E-state index in [9.17, 15) is 4.79 Å². The van der Waals surface area contributed by atoms with Gasteiger partial charge in [0.1, 0.15) is 11.5 Å². The predicted octanol–water partition coefficient (Wildman–Crippen LogP) is 1.87. The van der Waals surface area contributed by atoms with Crippen molar-refractivity contribution in [2.24, 2.45) is 0 Å². The van der Waals surface area contributed by atoms with Gasteiger partial charge in [0.2, 0.25) is 5.91 Å². The van der Waals surface area contributed by atoms with Crippen LogP contribution in [-0.2, 0) is 30.8 Å². The van der Waals surface area contributed by atoms with Gasteiger partial charge in [-0.05, 0) is 31.0 Å². The van der Waals surface area contributed by atoms with E-state index in [1.807, 2.05) is 27.8 Å². The first-order valence-corrected chi connectivity index (χ1v) is 10.3. The highest BCUT2D eigenvalue weighted by Crippen LogP contribution is 2.27. The molecule has 29 heavy (non-hydrogen) atoms. The van der Waals surface area contributed by atoms with Crippen LogP contribution in [0.4, 0.5) is 0 Å². The zero-order valence-electron chi connectivity index (χ0n) is 17.3. The summed E-state index contributed by atoms with van der Waals surface area (Å²) in [6.45, 7) is 5.01. The molecule has 0 aliphatic carbocycles. The molecule has 1 amide bonds. The Kier molecular flexibility index (Phi) is 5.99. The Morgan fingerprint density at radius 3 is 2.69 bits per heavy atom. The highest BCUT2D eigenvalue weighted by molar-refractivity contribution is 5.76. The van der Waals surface area contributed by atoms with Crippen LogP contribution in [0.1, 0.15) is 36.2 Å². The molecular weight excluding hydrogens is 370 g/mol. The van der Waals surface area contributed by atoms with E-state index in [-0.39, 0.29) is 5.91 Å². The highest BCUT2D eigenvalue weighted by atomic mass is 16.5. The number of methoxy groups -OCH3 is 2. The normalized spacial score (nSPS) is 16.7. The third-order valence-corrected chi connectivity index (χ3v) is 5.84. The number of carbonyl (C=O) groups is 1. The topological polar surface area (TPSA) is 72.7 Å². The first kappa shape index (κ1) is 19.7. The van der Waals surface area contributed by atoms with Crippen molar-refractivity contribution in [1.29, 1.82) is 0 Å². The van der Waals surface area contributed by atoms with Crippen LogP contribution in [0.3, 0.4) is 0 Å². The van der Waals surface area contributed by atoms with Gasteiger partial charge in [0.05, 0.1) is 32.2 Å². The Labute approximate surface area is 171 Å². The van der Waals surface area contributed by atoms with E-state index in [1.54, 1.807) is 14.2 Å². The van der Waals surface area contributed by atoms with Crippen molar-refractivity contribution in [1.82, 2.24) is 24.8 Å². The molecule has 156 valence electrons. The lowest BCUT2D eigenvalue weighted by atomic mass is 10.1. The fourth-order valence-electron chi connectivity index (χ4n) is 4.17. The SMILES string of the molecule is COc1ccc(OC)c(CN2CCn3nnc(CCC(=O)N4CCCC4)c3C2)c1. The van der Waals surface area contributed by atoms with Crippen molar-refractivity contribution in [3.05, 3.63) is 35.2 Å². The molecule has 0 unspecified atom stereocenters. The number of aryl methyl sites for hydroxylation is 1. The Bertz CT molecular complexity index is 860. The van der Waals surface area contributed by atoms with Crippen LogP contribution in [0, 0.1) is 0 Å². The first-order valence-electron chi connectivity index (χ1n) is 10.3. The van der Waals surface area contributed by atoms with Crippen LogP contribution in [0.25, 0.3) is 0 Å². The summed E-state index contributed by atoms with van der Waals surface area (Å²) in [7, 11) is 3.36. The largest absolute Gasteiger partial charge is 0.497 e. The Balaban J connectivity index is 1.42. The summed E-state index contributed by atoms with van der Waals surface area (Å²) in [5.74, 6) is 1.92. The molecular formula is C21H29N5O3. The van der Waals surface area contributed by atoms with Crippen molar-refractivity contribution in [2.75, 3.05) is 33.9 Å². The zero-order valence-corrected chi connectivity index (χ0v) is 17.3. The summed E-state index contributed by atoms with van der Waals surface area (Å²) in [4.78, 5) is 16.7.